The summed E-state index contributed by atoms with van der Waals surface area (Å²) in [7, 11) is 2.02. The van der Waals surface area contributed by atoms with E-state index in [1.165, 1.54) is 31.9 Å². The Morgan fingerprint density at radius 1 is 1.11 bits per heavy atom. The molecule has 196 valence electrons. The van der Waals surface area contributed by atoms with E-state index in [1.54, 1.807) is 29.0 Å². The van der Waals surface area contributed by atoms with E-state index in [-0.39, 0.29) is 5.82 Å². The van der Waals surface area contributed by atoms with Crippen LogP contribution in [-0.2, 0) is 11.3 Å². The van der Waals surface area contributed by atoms with E-state index in [2.05, 4.69) is 25.8 Å². The SMILES string of the molecule is CNC1CCN(CCCCn2ccc(NC(=O)c3ccc(NC(=O)C(C)(N)CO)cc3)nc2=O)CC1. The first-order valence-corrected chi connectivity index (χ1v) is 12.3. The highest BCUT2D eigenvalue weighted by Crippen LogP contribution is 2.14. The number of nitrogens with one attached hydrogen (secondary N) is 3. The number of hydrogen-bond acceptors (Lipinski definition) is 8. The molecule has 2 amide bonds. The number of unbranched alkanes of at least 4 members (excludes halogenated alkanes) is 1. The zero-order valence-corrected chi connectivity index (χ0v) is 21.0. The van der Waals surface area contributed by atoms with Crippen molar-refractivity contribution in [2.45, 2.75) is 50.7 Å². The van der Waals surface area contributed by atoms with Gasteiger partial charge < -0.3 is 31.7 Å². The van der Waals surface area contributed by atoms with E-state index in [0.717, 1.165) is 32.5 Å². The maximum absolute atomic E-state index is 12.5. The van der Waals surface area contributed by atoms with Gasteiger partial charge >= 0.3 is 5.69 Å². The van der Waals surface area contributed by atoms with Crippen molar-refractivity contribution >= 4 is 23.3 Å². The van der Waals surface area contributed by atoms with Crippen molar-refractivity contribution in [3.05, 3.63) is 52.6 Å². The molecule has 0 saturated carbocycles. The maximum atomic E-state index is 12.5. The number of piperidine rings is 1. The highest BCUT2D eigenvalue weighted by Gasteiger charge is 2.27. The van der Waals surface area contributed by atoms with Crippen molar-refractivity contribution < 1.29 is 14.7 Å². The minimum atomic E-state index is -1.41. The number of carbonyl (C=O) groups excluding carboxylic acids is 2. The van der Waals surface area contributed by atoms with Gasteiger partial charge in [-0.3, -0.25) is 14.2 Å². The number of amides is 2. The summed E-state index contributed by atoms with van der Waals surface area (Å²) in [5, 5.41) is 17.7. The highest BCUT2D eigenvalue weighted by molar-refractivity contribution is 6.04. The number of rotatable bonds is 11. The predicted molar refractivity (Wildman–Crippen MR) is 139 cm³/mol. The molecule has 6 N–H and O–H groups in total. The van der Waals surface area contributed by atoms with Gasteiger partial charge in [-0.2, -0.15) is 4.98 Å². The summed E-state index contributed by atoms with van der Waals surface area (Å²) in [6.07, 6.45) is 5.88. The van der Waals surface area contributed by atoms with Crippen molar-refractivity contribution in [2.75, 3.05) is 43.9 Å². The van der Waals surface area contributed by atoms with Gasteiger partial charge in [0.25, 0.3) is 5.91 Å². The Labute approximate surface area is 211 Å². The van der Waals surface area contributed by atoms with Crippen LogP contribution in [0.5, 0.6) is 0 Å². The average Bonchev–Trinajstić information content (AvgIpc) is 2.88. The number of benzene rings is 1. The summed E-state index contributed by atoms with van der Waals surface area (Å²) in [6, 6.07) is 8.38. The van der Waals surface area contributed by atoms with Gasteiger partial charge in [0.1, 0.15) is 11.4 Å². The Kier molecular flexibility index (Phi) is 9.71. The van der Waals surface area contributed by atoms with Crippen LogP contribution in [0.15, 0.2) is 41.3 Å². The normalized spacial score (nSPS) is 16.3. The van der Waals surface area contributed by atoms with Gasteiger partial charge in [-0.15, -0.1) is 0 Å². The van der Waals surface area contributed by atoms with Gasteiger partial charge in [0.05, 0.1) is 6.61 Å². The quantitative estimate of drug-likeness (QED) is 0.282. The number of likely N-dealkylation sites (tertiary alicyclic amines) is 1. The second-order valence-corrected chi connectivity index (χ2v) is 9.46. The number of aryl methyl sites for hydroxylation is 1. The zero-order chi connectivity index (χ0) is 26.1. The Hall–Kier alpha value is -3.12. The second kappa shape index (κ2) is 12.7. The topological polar surface area (TPSA) is 155 Å². The van der Waals surface area contributed by atoms with Gasteiger partial charge in [0, 0.05) is 30.0 Å². The number of nitrogens with two attached hydrogens (primary N) is 1. The number of anilines is 2. The van der Waals surface area contributed by atoms with Crippen LogP contribution in [0.1, 0.15) is 43.0 Å². The van der Waals surface area contributed by atoms with Crippen LogP contribution in [-0.4, -0.2) is 76.2 Å². The van der Waals surface area contributed by atoms with Crippen molar-refractivity contribution in [1.29, 1.82) is 0 Å². The molecular formula is C25H37N7O4. The predicted octanol–water partition coefficient (Wildman–Crippen LogP) is 0.608. The van der Waals surface area contributed by atoms with Crippen LogP contribution < -0.4 is 27.4 Å². The van der Waals surface area contributed by atoms with Crippen molar-refractivity contribution in [3.63, 3.8) is 0 Å². The molecule has 1 aliphatic rings. The van der Waals surface area contributed by atoms with E-state index in [9.17, 15) is 19.5 Å². The van der Waals surface area contributed by atoms with Gasteiger partial charge in [-0.1, -0.05) is 0 Å². The third-order valence-corrected chi connectivity index (χ3v) is 6.49. The fourth-order valence-corrected chi connectivity index (χ4v) is 3.97. The van der Waals surface area contributed by atoms with Crippen LogP contribution >= 0.6 is 0 Å². The van der Waals surface area contributed by atoms with Crippen molar-refractivity contribution in [2.24, 2.45) is 5.73 Å². The van der Waals surface area contributed by atoms with Crippen LogP contribution in [0.3, 0.4) is 0 Å². The smallest absolute Gasteiger partial charge is 0.349 e. The molecule has 0 aliphatic carbocycles. The molecule has 36 heavy (non-hydrogen) atoms. The molecular weight excluding hydrogens is 462 g/mol. The molecule has 2 heterocycles. The molecule has 1 fully saturated rings. The molecule has 0 spiro atoms. The largest absolute Gasteiger partial charge is 0.394 e. The number of carbonyl (C=O) groups is 2. The molecule has 3 rings (SSSR count). The van der Waals surface area contributed by atoms with Crippen molar-refractivity contribution in [1.82, 2.24) is 19.8 Å². The van der Waals surface area contributed by atoms with Crippen LogP contribution in [0, 0.1) is 0 Å². The molecule has 11 heteroatoms. The highest BCUT2D eigenvalue weighted by atomic mass is 16.3. The lowest BCUT2D eigenvalue weighted by atomic mass is 10.0. The third kappa shape index (κ3) is 7.69. The molecule has 2 aromatic rings. The molecule has 1 unspecified atom stereocenters. The van der Waals surface area contributed by atoms with Crippen LogP contribution in [0.2, 0.25) is 0 Å². The monoisotopic (exact) mass is 499 g/mol. The average molecular weight is 500 g/mol. The lowest BCUT2D eigenvalue weighted by Gasteiger charge is -2.31. The molecule has 1 aromatic heterocycles. The van der Waals surface area contributed by atoms with E-state index in [0.29, 0.717) is 23.8 Å². The summed E-state index contributed by atoms with van der Waals surface area (Å²) in [6.45, 7) is 4.74. The Morgan fingerprint density at radius 2 is 1.78 bits per heavy atom. The molecule has 1 saturated heterocycles. The summed E-state index contributed by atoms with van der Waals surface area (Å²) in [5.74, 6) is -0.799. The summed E-state index contributed by atoms with van der Waals surface area (Å²) >= 11 is 0. The van der Waals surface area contributed by atoms with E-state index in [1.807, 2.05) is 7.05 Å². The van der Waals surface area contributed by atoms with E-state index < -0.39 is 29.6 Å². The molecule has 1 atom stereocenters. The summed E-state index contributed by atoms with van der Waals surface area (Å²) < 4.78 is 1.55. The minimum absolute atomic E-state index is 0.174. The first kappa shape index (κ1) is 27.5. The van der Waals surface area contributed by atoms with Crippen LogP contribution in [0.4, 0.5) is 11.5 Å². The van der Waals surface area contributed by atoms with Crippen molar-refractivity contribution in [3.8, 4) is 0 Å². The molecule has 0 bridgehead atoms. The number of aliphatic hydroxyl groups is 1. The first-order chi connectivity index (χ1) is 17.2. The zero-order valence-electron chi connectivity index (χ0n) is 21.0. The van der Waals surface area contributed by atoms with Gasteiger partial charge in [-0.25, -0.2) is 4.79 Å². The minimum Gasteiger partial charge on any atom is -0.394 e. The Morgan fingerprint density at radius 3 is 2.39 bits per heavy atom. The lowest BCUT2D eigenvalue weighted by molar-refractivity contribution is -0.121. The fraction of sp³-hybridized carbons (Fsp3) is 0.520. The lowest BCUT2D eigenvalue weighted by Crippen LogP contribution is -2.51. The number of aliphatic hydroxyl groups excluding tert-OH is 1. The number of hydrogen-bond donors (Lipinski definition) is 5. The second-order valence-electron chi connectivity index (χ2n) is 9.46. The molecule has 0 radical (unpaired) electrons. The Bertz CT molecular complexity index is 1080. The molecule has 1 aliphatic heterocycles. The fourth-order valence-electron chi connectivity index (χ4n) is 3.97. The van der Waals surface area contributed by atoms with Gasteiger partial charge in [-0.05, 0) is 89.6 Å². The van der Waals surface area contributed by atoms with E-state index >= 15 is 0 Å². The molecule has 11 nitrogen and oxygen atoms in total. The first-order valence-electron chi connectivity index (χ1n) is 12.3. The van der Waals surface area contributed by atoms with Gasteiger partial charge in [0.15, 0.2) is 0 Å². The number of aromatic nitrogens is 2. The van der Waals surface area contributed by atoms with Crippen LogP contribution in [0.25, 0.3) is 0 Å². The maximum Gasteiger partial charge on any atom is 0.349 e. The number of nitrogens with zero attached hydrogens (tertiary/aromatic N) is 3. The molecule has 1 aromatic carbocycles. The van der Waals surface area contributed by atoms with E-state index in [4.69, 9.17) is 5.73 Å². The third-order valence-electron chi connectivity index (χ3n) is 6.49. The Balaban J connectivity index is 1.46. The summed E-state index contributed by atoms with van der Waals surface area (Å²) in [4.78, 5) is 43.4. The van der Waals surface area contributed by atoms with Gasteiger partial charge in [0.2, 0.25) is 5.91 Å². The summed E-state index contributed by atoms with van der Waals surface area (Å²) in [5.41, 5.74) is 4.65. The standard InChI is InChI=1S/C25H37N7O4/c1-25(26,17-33)23(35)28-20-7-5-18(6-8-20)22(34)29-21-11-16-32(24(36)30-21)13-4-3-12-31-14-9-19(27-2)10-15-31/h5-8,11,16,19,27,33H,3-4,9-10,12-15,17,26H2,1-2H3,(H,28,35)(H,29,30,34,36).